The lowest BCUT2D eigenvalue weighted by atomic mass is 10.2. The topological polar surface area (TPSA) is 108 Å². The van der Waals surface area contributed by atoms with Crippen molar-refractivity contribution in [2.45, 2.75) is 25.7 Å². The van der Waals surface area contributed by atoms with Gasteiger partial charge in [0.05, 0.1) is 6.10 Å². The molecule has 9 heteroatoms. The fourth-order valence-corrected chi connectivity index (χ4v) is 1.42. The molecule has 1 rings (SSSR count). The number of aliphatic hydroxyl groups excluding tert-OH is 1. The number of hydrogen-bond acceptors (Lipinski definition) is 4. The van der Waals surface area contributed by atoms with Crippen LogP contribution in [0.15, 0.2) is 24.3 Å². The number of alkyl halides is 2. The molecule has 0 aliphatic rings. The number of aliphatic hydroxyl groups is 1. The lowest BCUT2D eigenvalue weighted by Crippen LogP contribution is -2.49. The number of amides is 2. The van der Waals surface area contributed by atoms with Crippen LogP contribution in [0.2, 0.25) is 0 Å². The third kappa shape index (κ3) is 5.61. The van der Waals surface area contributed by atoms with E-state index in [4.69, 9.17) is 5.11 Å². The van der Waals surface area contributed by atoms with Crippen molar-refractivity contribution in [2.24, 2.45) is 0 Å². The van der Waals surface area contributed by atoms with Gasteiger partial charge in [-0.25, -0.2) is 9.59 Å². The number of carbonyl (C=O) groups is 2. The summed E-state index contributed by atoms with van der Waals surface area (Å²) in [5.41, 5.74) is 0.240. The quantitative estimate of drug-likeness (QED) is 0.632. The lowest BCUT2D eigenvalue weighted by Gasteiger charge is -2.17. The van der Waals surface area contributed by atoms with Crippen molar-refractivity contribution < 1.29 is 33.3 Å². The molecule has 2 amide bonds. The van der Waals surface area contributed by atoms with E-state index in [0.717, 1.165) is 0 Å². The van der Waals surface area contributed by atoms with Crippen molar-refractivity contribution in [1.29, 1.82) is 0 Å². The molecule has 0 saturated heterocycles. The van der Waals surface area contributed by atoms with E-state index in [1.807, 2.05) is 0 Å². The number of rotatable bonds is 6. The molecule has 0 fully saturated rings. The molecule has 0 spiro atoms. The summed E-state index contributed by atoms with van der Waals surface area (Å²) in [7, 11) is 0. The SMILES string of the molecule is CC(O)C(NC(=O)Nc1ccc(OC(F)F)cc1)C(=O)O. The fourth-order valence-electron chi connectivity index (χ4n) is 1.42. The summed E-state index contributed by atoms with van der Waals surface area (Å²) in [6, 6.07) is 2.71. The highest BCUT2D eigenvalue weighted by Gasteiger charge is 2.24. The average molecular weight is 304 g/mol. The Labute approximate surface area is 118 Å². The second-order valence-electron chi connectivity index (χ2n) is 4.06. The zero-order valence-electron chi connectivity index (χ0n) is 10.9. The lowest BCUT2D eigenvalue weighted by molar-refractivity contribution is -0.141. The summed E-state index contributed by atoms with van der Waals surface area (Å²) in [5.74, 6) is -1.47. The zero-order chi connectivity index (χ0) is 16.0. The Morgan fingerprint density at radius 2 is 1.81 bits per heavy atom. The minimum Gasteiger partial charge on any atom is -0.480 e. The molecule has 21 heavy (non-hydrogen) atoms. The van der Waals surface area contributed by atoms with Crippen LogP contribution in [0.5, 0.6) is 5.75 Å². The van der Waals surface area contributed by atoms with Gasteiger partial charge < -0.3 is 25.6 Å². The van der Waals surface area contributed by atoms with Crippen molar-refractivity contribution in [1.82, 2.24) is 5.32 Å². The van der Waals surface area contributed by atoms with Crippen molar-refractivity contribution in [3.8, 4) is 5.75 Å². The molecule has 116 valence electrons. The standard InChI is InChI=1S/C12H14F2N2O5/c1-6(17)9(10(18)19)16-12(20)15-7-2-4-8(5-3-7)21-11(13)14/h2-6,9,11,17H,1H3,(H,18,19)(H2,15,16,20). The number of anilines is 1. The van der Waals surface area contributed by atoms with E-state index in [0.29, 0.717) is 0 Å². The number of urea groups is 1. The third-order valence-corrected chi connectivity index (χ3v) is 2.37. The van der Waals surface area contributed by atoms with E-state index >= 15 is 0 Å². The second-order valence-corrected chi connectivity index (χ2v) is 4.06. The Hall–Kier alpha value is -2.42. The van der Waals surface area contributed by atoms with Gasteiger partial charge in [0, 0.05) is 5.69 Å². The van der Waals surface area contributed by atoms with Crippen molar-refractivity contribution in [3.05, 3.63) is 24.3 Å². The monoisotopic (exact) mass is 304 g/mol. The van der Waals surface area contributed by atoms with Crippen LogP contribution in [0, 0.1) is 0 Å². The maximum Gasteiger partial charge on any atom is 0.387 e. The number of ether oxygens (including phenoxy) is 1. The Balaban J connectivity index is 2.60. The van der Waals surface area contributed by atoms with E-state index < -0.39 is 30.8 Å². The Morgan fingerprint density at radius 3 is 2.24 bits per heavy atom. The number of carbonyl (C=O) groups excluding carboxylic acids is 1. The number of aliphatic carboxylic acids is 1. The molecule has 0 aliphatic carbocycles. The van der Waals surface area contributed by atoms with Gasteiger partial charge in [-0.15, -0.1) is 0 Å². The molecule has 1 aromatic carbocycles. The highest BCUT2D eigenvalue weighted by molar-refractivity contribution is 5.92. The molecule has 2 unspecified atom stereocenters. The summed E-state index contributed by atoms with van der Waals surface area (Å²) < 4.78 is 28.0. The average Bonchev–Trinajstić information content (AvgIpc) is 2.37. The predicted molar refractivity (Wildman–Crippen MR) is 68.3 cm³/mol. The maximum absolute atomic E-state index is 11.9. The first-order chi connectivity index (χ1) is 9.79. The first-order valence-corrected chi connectivity index (χ1v) is 5.83. The number of benzene rings is 1. The van der Waals surface area contributed by atoms with Gasteiger partial charge in [-0.2, -0.15) is 8.78 Å². The molecule has 7 nitrogen and oxygen atoms in total. The number of carboxylic acids is 1. The van der Waals surface area contributed by atoms with Crippen LogP contribution in [0.25, 0.3) is 0 Å². The molecular weight excluding hydrogens is 290 g/mol. The Kier molecular flexibility index (Phi) is 5.85. The van der Waals surface area contributed by atoms with E-state index in [2.05, 4.69) is 15.4 Å². The smallest absolute Gasteiger partial charge is 0.387 e. The van der Waals surface area contributed by atoms with Crippen LogP contribution in [-0.2, 0) is 4.79 Å². The molecule has 0 radical (unpaired) electrons. The van der Waals surface area contributed by atoms with E-state index in [1.54, 1.807) is 0 Å². The van der Waals surface area contributed by atoms with Gasteiger partial charge in [-0.1, -0.05) is 0 Å². The second kappa shape index (κ2) is 7.39. The summed E-state index contributed by atoms with van der Waals surface area (Å²) >= 11 is 0. The Bertz CT molecular complexity index is 493. The Morgan fingerprint density at radius 1 is 1.24 bits per heavy atom. The number of nitrogens with one attached hydrogen (secondary N) is 2. The van der Waals surface area contributed by atoms with E-state index in [-0.39, 0.29) is 11.4 Å². The van der Waals surface area contributed by atoms with Crippen molar-refractivity contribution in [3.63, 3.8) is 0 Å². The van der Waals surface area contributed by atoms with Gasteiger partial charge in [0.2, 0.25) is 0 Å². The summed E-state index contributed by atoms with van der Waals surface area (Å²) in [6.45, 7) is -1.73. The van der Waals surface area contributed by atoms with Crippen LogP contribution in [-0.4, -0.2) is 41.0 Å². The van der Waals surface area contributed by atoms with Crippen LogP contribution in [0.3, 0.4) is 0 Å². The minimum absolute atomic E-state index is 0.0802. The molecule has 1 aromatic rings. The van der Waals surface area contributed by atoms with Crippen molar-refractivity contribution in [2.75, 3.05) is 5.32 Å². The summed E-state index contributed by atoms with van der Waals surface area (Å²) in [6.07, 6.45) is -1.28. The molecule has 0 aliphatic heterocycles. The van der Waals surface area contributed by atoms with Gasteiger partial charge in [-0.3, -0.25) is 0 Å². The molecule has 0 aromatic heterocycles. The van der Waals surface area contributed by atoms with Crippen LogP contribution < -0.4 is 15.4 Å². The van der Waals surface area contributed by atoms with Gasteiger partial charge in [0.15, 0.2) is 6.04 Å². The highest BCUT2D eigenvalue weighted by atomic mass is 19.3. The first kappa shape index (κ1) is 16.6. The summed E-state index contributed by atoms with van der Waals surface area (Å²) in [4.78, 5) is 22.3. The summed E-state index contributed by atoms with van der Waals surface area (Å²) in [5, 5.41) is 22.4. The zero-order valence-corrected chi connectivity index (χ0v) is 10.9. The third-order valence-electron chi connectivity index (χ3n) is 2.37. The van der Waals surface area contributed by atoms with Gasteiger partial charge in [-0.05, 0) is 31.2 Å². The van der Waals surface area contributed by atoms with Gasteiger partial charge in [0.25, 0.3) is 0 Å². The van der Waals surface area contributed by atoms with Crippen LogP contribution in [0.1, 0.15) is 6.92 Å². The minimum atomic E-state index is -2.95. The number of carboxylic acid groups (broad SMARTS) is 1. The highest BCUT2D eigenvalue weighted by Crippen LogP contribution is 2.17. The first-order valence-electron chi connectivity index (χ1n) is 5.83. The maximum atomic E-state index is 11.9. The van der Waals surface area contributed by atoms with E-state index in [1.165, 1.54) is 31.2 Å². The molecule has 2 atom stereocenters. The van der Waals surface area contributed by atoms with Crippen LogP contribution in [0.4, 0.5) is 19.3 Å². The number of halogens is 2. The molecule has 0 bridgehead atoms. The largest absolute Gasteiger partial charge is 0.480 e. The molecular formula is C12H14F2N2O5. The molecule has 0 saturated carbocycles. The van der Waals surface area contributed by atoms with Gasteiger partial charge >= 0.3 is 18.6 Å². The normalized spacial score (nSPS) is 13.4. The van der Waals surface area contributed by atoms with E-state index in [9.17, 15) is 23.5 Å². The van der Waals surface area contributed by atoms with Crippen molar-refractivity contribution >= 4 is 17.7 Å². The van der Waals surface area contributed by atoms with Gasteiger partial charge in [0.1, 0.15) is 5.75 Å². The fraction of sp³-hybridized carbons (Fsp3) is 0.333. The predicted octanol–water partition coefficient (Wildman–Crippen LogP) is 1.24. The molecule has 4 N–H and O–H groups in total. The van der Waals surface area contributed by atoms with Crippen LogP contribution >= 0.6 is 0 Å². The number of hydrogen-bond donors (Lipinski definition) is 4. The molecule has 0 heterocycles.